The summed E-state index contributed by atoms with van der Waals surface area (Å²) in [6.45, 7) is 6.94. The zero-order chi connectivity index (χ0) is 38.5. The van der Waals surface area contributed by atoms with Crippen LogP contribution in [0.1, 0.15) is 56.5 Å². The molecule has 4 atom stereocenters. The molecular weight excluding hydrogens is 702 g/mol. The van der Waals surface area contributed by atoms with Crippen LogP contribution in [0.25, 0.3) is 44.2 Å². The first kappa shape index (κ1) is 35.9. The summed E-state index contributed by atoms with van der Waals surface area (Å²) < 4.78 is 16.5. The van der Waals surface area contributed by atoms with Gasteiger partial charge in [-0.25, -0.2) is 19.6 Å². The highest BCUT2D eigenvalue weighted by Gasteiger charge is 2.38. The van der Waals surface area contributed by atoms with E-state index >= 15 is 0 Å². The van der Waals surface area contributed by atoms with Crippen molar-refractivity contribution in [2.24, 2.45) is 11.8 Å². The van der Waals surface area contributed by atoms with Gasteiger partial charge in [0.2, 0.25) is 5.91 Å². The van der Waals surface area contributed by atoms with Gasteiger partial charge in [0.25, 0.3) is 0 Å². The van der Waals surface area contributed by atoms with Crippen molar-refractivity contribution in [1.29, 1.82) is 0 Å². The number of carboxylic acid groups (broad SMARTS) is 1. The maximum absolute atomic E-state index is 13.9. The number of rotatable bonds is 8. The molecule has 0 spiro atoms. The number of allylic oxidation sites excluding steroid dienone is 2. The average Bonchev–Trinajstić information content (AvgIpc) is 3.95. The molecule has 5 heterocycles. The lowest BCUT2D eigenvalue weighted by atomic mass is 9.92. The molecule has 14 heteroatoms. The van der Waals surface area contributed by atoms with Crippen molar-refractivity contribution in [3.8, 4) is 28.1 Å². The van der Waals surface area contributed by atoms with Gasteiger partial charge >= 0.3 is 12.2 Å². The van der Waals surface area contributed by atoms with E-state index in [0.29, 0.717) is 37.8 Å². The monoisotopic (exact) mass is 745 g/mol. The number of methoxy groups -OCH3 is 2. The number of fused-ring (bicyclic) bond motifs is 6. The molecule has 3 aliphatic heterocycles. The number of H-pyrrole nitrogens is 2. The molecule has 55 heavy (non-hydrogen) atoms. The number of ether oxygens (including phenoxy) is 3. The minimum absolute atomic E-state index is 0.112. The van der Waals surface area contributed by atoms with Crippen molar-refractivity contribution in [3.05, 3.63) is 89.8 Å². The number of imidazole rings is 2. The number of benzene rings is 3. The molecule has 0 bridgehead atoms. The number of likely N-dealkylation sites (tertiary alicyclic amines) is 1. The normalized spacial score (nSPS) is 19.6. The molecule has 3 aromatic carbocycles. The molecule has 2 aromatic heterocycles. The fourth-order valence-corrected chi connectivity index (χ4v) is 7.98. The first-order chi connectivity index (χ1) is 26.5. The van der Waals surface area contributed by atoms with E-state index in [0.717, 1.165) is 61.1 Å². The highest BCUT2D eigenvalue weighted by molar-refractivity contribution is 6.07. The Morgan fingerprint density at radius 2 is 1.91 bits per heavy atom. The Morgan fingerprint density at radius 1 is 1.07 bits per heavy atom. The fourth-order valence-electron chi connectivity index (χ4n) is 7.98. The summed E-state index contributed by atoms with van der Waals surface area (Å²) in [5, 5.41) is 14.5. The van der Waals surface area contributed by atoms with E-state index in [1.54, 1.807) is 24.4 Å². The first-order valence-electron chi connectivity index (χ1n) is 18.3. The number of nitrogens with zero attached hydrogens (tertiary/aromatic N) is 4. The SMILES string of the molecule is COC[C@H]1C[C@@H](c2ncc(-c3ccc4c(c3)COc3cc5c(ccc6nc([C@@H]7C=CC(C)=CN7C(=O)[C@@H](NC(=O)OC)C(C)C)[nH]c65)cc3-4)[nH]2)N(C(=O)O)C1. The lowest BCUT2D eigenvalue weighted by Gasteiger charge is -2.33. The predicted octanol–water partition coefficient (Wildman–Crippen LogP) is 7.08. The van der Waals surface area contributed by atoms with Crippen molar-refractivity contribution in [3.63, 3.8) is 0 Å². The van der Waals surface area contributed by atoms with Crippen molar-refractivity contribution in [1.82, 2.24) is 35.1 Å². The maximum atomic E-state index is 13.9. The molecule has 4 N–H and O–H groups in total. The number of carbonyl (C=O) groups is 3. The summed E-state index contributed by atoms with van der Waals surface area (Å²) >= 11 is 0. The molecule has 0 radical (unpaired) electrons. The van der Waals surface area contributed by atoms with Crippen LogP contribution in [-0.2, 0) is 20.9 Å². The van der Waals surface area contributed by atoms with Gasteiger partial charge in [-0.2, -0.15) is 0 Å². The summed E-state index contributed by atoms with van der Waals surface area (Å²) in [4.78, 5) is 57.5. The molecule has 3 aliphatic rings. The third-order valence-corrected chi connectivity index (χ3v) is 10.7. The van der Waals surface area contributed by atoms with Crippen molar-refractivity contribution in [2.45, 2.75) is 51.9 Å². The summed E-state index contributed by atoms with van der Waals surface area (Å²) in [5.41, 5.74) is 7.27. The summed E-state index contributed by atoms with van der Waals surface area (Å²) in [6.07, 6.45) is 6.44. The quantitative estimate of drug-likeness (QED) is 0.129. The predicted molar refractivity (Wildman–Crippen MR) is 205 cm³/mol. The third kappa shape index (κ3) is 6.56. The highest BCUT2D eigenvalue weighted by atomic mass is 16.5. The molecule has 3 amide bonds. The molecular formula is C41H43N7O7. The Kier molecular flexibility index (Phi) is 9.29. The van der Waals surface area contributed by atoms with Crippen LogP contribution in [0.5, 0.6) is 5.75 Å². The summed E-state index contributed by atoms with van der Waals surface area (Å²) in [7, 11) is 2.90. The Bertz CT molecular complexity index is 2390. The van der Waals surface area contributed by atoms with Crippen LogP contribution in [0, 0.1) is 11.8 Å². The number of alkyl carbamates (subject to hydrolysis) is 1. The van der Waals surface area contributed by atoms with Gasteiger partial charge in [-0.15, -0.1) is 0 Å². The first-order valence-corrected chi connectivity index (χ1v) is 18.3. The molecule has 14 nitrogen and oxygen atoms in total. The van der Waals surface area contributed by atoms with Gasteiger partial charge in [0, 0.05) is 36.7 Å². The van der Waals surface area contributed by atoms with Crippen LogP contribution in [0.2, 0.25) is 0 Å². The molecule has 0 saturated carbocycles. The lowest BCUT2D eigenvalue weighted by Crippen LogP contribution is -2.50. The number of carbonyl (C=O) groups excluding carboxylic acids is 2. The second kappa shape index (κ2) is 14.3. The van der Waals surface area contributed by atoms with Crippen LogP contribution in [0.3, 0.4) is 0 Å². The maximum Gasteiger partial charge on any atom is 0.407 e. The number of aromatic amines is 2. The minimum atomic E-state index is -0.967. The van der Waals surface area contributed by atoms with Gasteiger partial charge in [0.15, 0.2) is 0 Å². The van der Waals surface area contributed by atoms with E-state index in [4.69, 9.17) is 19.2 Å². The van der Waals surface area contributed by atoms with E-state index < -0.39 is 24.3 Å². The second-order valence-corrected chi connectivity index (χ2v) is 14.8. The second-order valence-electron chi connectivity index (χ2n) is 14.8. The van der Waals surface area contributed by atoms with E-state index in [1.165, 1.54) is 12.0 Å². The Hall–Kier alpha value is -6.15. The van der Waals surface area contributed by atoms with Crippen molar-refractivity contribution < 1.29 is 33.7 Å². The van der Waals surface area contributed by atoms with Crippen LogP contribution in [0.4, 0.5) is 9.59 Å². The van der Waals surface area contributed by atoms with Gasteiger partial charge in [-0.05, 0) is 71.2 Å². The molecule has 284 valence electrons. The molecule has 5 aromatic rings. The van der Waals surface area contributed by atoms with Crippen molar-refractivity contribution >= 4 is 39.9 Å². The third-order valence-electron chi connectivity index (χ3n) is 10.7. The number of hydrogen-bond donors (Lipinski definition) is 4. The standard InChI is InChI=1S/C41H43N7O7/c1-21(2)35(46-40(50)54-5)39(49)47-17-22(3)6-11-32(47)38-43-30-10-8-24-14-29-27-9-7-25(13-26(27)20-55-34(29)15-28(24)36(30)45-38)31-16-42-37(44-31)33-12-23(19-53-4)18-48(33)41(51)52/h6-11,13-17,21,23,32-33,35H,12,18-20H2,1-5H3,(H,42,44)(H,43,45)(H,46,50)(H,51,52)/t23-,32-,33-,35-/m0/s1. The van der Waals surface area contributed by atoms with Crippen LogP contribution in [0.15, 0.2) is 72.6 Å². The average molecular weight is 746 g/mol. The number of aromatic nitrogens is 4. The topological polar surface area (TPSA) is 175 Å². The number of amides is 3. The Morgan fingerprint density at radius 3 is 2.67 bits per heavy atom. The lowest BCUT2D eigenvalue weighted by molar-refractivity contribution is -0.133. The van der Waals surface area contributed by atoms with Gasteiger partial charge in [0.05, 0.1) is 42.7 Å². The van der Waals surface area contributed by atoms with Gasteiger partial charge in [-0.3, -0.25) is 9.69 Å². The molecule has 0 unspecified atom stereocenters. The number of nitrogens with one attached hydrogen (secondary N) is 3. The summed E-state index contributed by atoms with van der Waals surface area (Å²) in [5.74, 6) is 1.62. The largest absolute Gasteiger partial charge is 0.488 e. The summed E-state index contributed by atoms with van der Waals surface area (Å²) in [6, 6.07) is 12.7. The minimum Gasteiger partial charge on any atom is -0.488 e. The molecule has 0 aliphatic carbocycles. The smallest absolute Gasteiger partial charge is 0.407 e. The zero-order valence-electron chi connectivity index (χ0n) is 31.3. The zero-order valence-corrected chi connectivity index (χ0v) is 31.3. The van der Waals surface area contributed by atoms with Crippen LogP contribution in [-0.4, -0.2) is 86.3 Å². The molecule has 1 saturated heterocycles. The van der Waals surface area contributed by atoms with E-state index in [1.807, 2.05) is 57.2 Å². The van der Waals surface area contributed by atoms with Crippen LogP contribution >= 0.6 is 0 Å². The van der Waals surface area contributed by atoms with E-state index in [9.17, 15) is 19.5 Å². The Balaban J connectivity index is 1.08. The van der Waals surface area contributed by atoms with E-state index in [-0.39, 0.29) is 23.8 Å². The van der Waals surface area contributed by atoms with Crippen LogP contribution < -0.4 is 10.1 Å². The number of hydrogen-bond acceptors (Lipinski definition) is 8. The fraction of sp³-hybridized carbons (Fsp3) is 0.341. The Labute approximate surface area is 317 Å². The van der Waals surface area contributed by atoms with Gasteiger partial charge in [0.1, 0.15) is 36.1 Å². The van der Waals surface area contributed by atoms with Gasteiger partial charge < -0.3 is 39.5 Å². The van der Waals surface area contributed by atoms with Crippen molar-refractivity contribution in [2.75, 3.05) is 27.4 Å². The molecule has 1 fully saturated rings. The van der Waals surface area contributed by atoms with E-state index in [2.05, 4.69) is 38.5 Å². The highest BCUT2D eigenvalue weighted by Crippen LogP contribution is 2.43. The molecule has 8 rings (SSSR count). The van der Waals surface area contributed by atoms with Gasteiger partial charge in [-0.1, -0.05) is 44.2 Å².